The van der Waals surface area contributed by atoms with Gasteiger partial charge >= 0.3 is 0 Å². The molecule has 3 rings (SSSR count). The van der Waals surface area contributed by atoms with E-state index in [9.17, 15) is 9.18 Å². The van der Waals surface area contributed by atoms with E-state index in [0.717, 1.165) is 4.42 Å². The Bertz CT molecular complexity index is 637. The molecule has 1 aliphatic heterocycles. The van der Waals surface area contributed by atoms with E-state index in [0.29, 0.717) is 11.6 Å². The minimum absolute atomic E-state index is 0.113. The topological polar surface area (TPSA) is 71.3 Å². The van der Waals surface area contributed by atoms with Crippen LogP contribution < -0.4 is 9.74 Å². The fourth-order valence-corrected chi connectivity index (χ4v) is 2.34. The van der Waals surface area contributed by atoms with Gasteiger partial charge in [0.1, 0.15) is 18.1 Å². The van der Waals surface area contributed by atoms with Crippen LogP contribution in [0.5, 0.6) is 0 Å². The Morgan fingerprint density at radius 2 is 2.38 bits per heavy atom. The second-order valence-electron chi connectivity index (χ2n) is 4.63. The molecule has 21 heavy (non-hydrogen) atoms. The van der Waals surface area contributed by atoms with Crippen molar-refractivity contribution in [2.45, 2.75) is 18.6 Å². The zero-order valence-corrected chi connectivity index (χ0v) is 11.6. The summed E-state index contributed by atoms with van der Waals surface area (Å²) in [5, 5.41) is 2.79. The number of rotatable bonds is 3. The van der Waals surface area contributed by atoms with Gasteiger partial charge in [-0.2, -0.15) is 0 Å². The average Bonchev–Trinajstić information content (AvgIpc) is 3.17. The summed E-state index contributed by atoms with van der Waals surface area (Å²) >= 11 is 6.03. The molecule has 0 bridgehead atoms. The summed E-state index contributed by atoms with van der Waals surface area (Å²) in [4.78, 5) is 20.4. The quantitative estimate of drug-likeness (QED) is 0.877. The first-order valence-corrected chi connectivity index (χ1v) is 6.73. The van der Waals surface area contributed by atoms with E-state index < -0.39 is 18.1 Å². The first-order valence-electron chi connectivity index (χ1n) is 6.39. The van der Waals surface area contributed by atoms with Gasteiger partial charge in [-0.3, -0.25) is 4.79 Å². The van der Waals surface area contributed by atoms with Crippen molar-refractivity contribution in [3.63, 3.8) is 0 Å². The van der Waals surface area contributed by atoms with Crippen LogP contribution in [0.15, 0.2) is 35.1 Å². The predicted molar refractivity (Wildman–Crippen MR) is 74.4 cm³/mol. The lowest BCUT2D eigenvalue weighted by Gasteiger charge is -2.17. The molecule has 0 radical (unpaired) electrons. The standard InChI is InChI=1S/C13H12ClFN4O2/c14-19(13(20)10-6-8(15)7-17-10)11-3-1-2-9(18-11)12-16-4-5-21-12/h1-5,8,10,17H,6-7H2/t8-,10+/m1/s1. The van der Waals surface area contributed by atoms with Gasteiger partial charge in [0.15, 0.2) is 5.82 Å². The highest BCUT2D eigenvalue weighted by Gasteiger charge is 2.33. The summed E-state index contributed by atoms with van der Waals surface area (Å²) in [6.07, 6.45) is 2.01. The summed E-state index contributed by atoms with van der Waals surface area (Å²) in [5.74, 6) is 0.132. The maximum Gasteiger partial charge on any atom is 0.260 e. The Morgan fingerprint density at radius 1 is 1.52 bits per heavy atom. The molecule has 1 N–H and O–H groups in total. The third-order valence-corrected chi connectivity index (χ3v) is 3.50. The molecule has 0 unspecified atom stereocenters. The van der Waals surface area contributed by atoms with Crippen molar-refractivity contribution in [3.05, 3.63) is 30.7 Å². The number of alkyl halides is 1. The lowest BCUT2D eigenvalue weighted by Crippen LogP contribution is -2.39. The lowest BCUT2D eigenvalue weighted by molar-refractivity contribution is -0.119. The highest BCUT2D eigenvalue weighted by atomic mass is 35.5. The van der Waals surface area contributed by atoms with Crippen LogP contribution in [0.1, 0.15) is 6.42 Å². The summed E-state index contributed by atoms with van der Waals surface area (Å²) in [5.41, 5.74) is 0.457. The molecule has 1 aliphatic rings. The van der Waals surface area contributed by atoms with E-state index >= 15 is 0 Å². The van der Waals surface area contributed by atoms with E-state index in [1.54, 1.807) is 18.2 Å². The third-order valence-electron chi connectivity index (χ3n) is 3.16. The molecular weight excluding hydrogens is 299 g/mol. The number of pyridine rings is 1. The summed E-state index contributed by atoms with van der Waals surface area (Å²) in [6.45, 7) is 0.158. The van der Waals surface area contributed by atoms with Crippen molar-refractivity contribution >= 4 is 23.5 Å². The number of amides is 1. The molecule has 0 spiro atoms. The number of nitrogens with zero attached hydrogens (tertiary/aromatic N) is 3. The van der Waals surface area contributed by atoms with Crippen LogP contribution in [0, 0.1) is 0 Å². The summed E-state index contributed by atoms with van der Waals surface area (Å²) < 4.78 is 19.2. The SMILES string of the molecule is O=C([C@@H]1C[C@@H](F)CN1)N(Cl)c1cccc(-c2ncco2)n1. The molecule has 2 aromatic rings. The third kappa shape index (κ3) is 2.88. The lowest BCUT2D eigenvalue weighted by atomic mass is 10.2. The Morgan fingerprint density at radius 3 is 3.05 bits per heavy atom. The van der Waals surface area contributed by atoms with Gasteiger partial charge < -0.3 is 9.73 Å². The van der Waals surface area contributed by atoms with Gasteiger partial charge in [-0.1, -0.05) is 6.07 Å². The molecule has 0 aromatic carbocycles. The van der Waals surface area contributed by atoms with Gasteiger partial charge in [0.25, 0.3) is 5.91 Å². The van der Waals surface area contributed by atoms with Gasteiger partial charge in [-0.05, 0) is 12.1 Å². The second-order valence-corrected chi connectivity index (χ2v) is 4.97. The molecule has 6 nitrogen and oxygen atoms in total. The van der Waals surface area contributed by atoms with E-state index in [2.05, 4.69) is 15.3 Å². The maximum atomic E-state index is 13.1. The molecule has 3 heterocycles. The largest absolute Gasteiger partial charge is 0.443 e. The van der Waals surface area contributed by atoms with Crippen LogP contribution in [-0.2, 0) is 4.79 Å². The van der Waals surface area contributed by atoms with Crippen molar-refractivity contribution in [1.29, 1.82) is 0 Å². The first-order chi connectivity index (χ1) is 10.1. The van der Waals surface area contributed by atoms with Gasteiger partial charge in [0.05, 0.1) is 12.2 Å². The fourth-order valence-electron chi connectivity index (χ4n) is 2.13. The van der Waals surface area contributed by atoms with E-state index in [1.807, 2.05) is 0 Å². The Labute approximate surface area is 125 Å². The number of nitrogens with one attached hydrogen (secondary N) is 1. The van der Waals surface area contributed by atoms with Crippen LogP contribution in [0.3, 0.4) is 0 Å². The Hall–Kier alpha value is -1.99. The monoisotopic (exact) mass is 310 g/mol. The van der Waals surface area contributed by atoms with Crippen molar-refractivity contribution in [2.75, 3.05) is 11.0 Å². The first kappa shape index (κ1) is 14.0. The minimum Gasteiger partial charge on any atom is -0.443 e. The number of aromatic nitrogens is 2. The minimum atomic E-state index is -1.03. The van der Waals surface area contributed by atoms with Crippen LogP contribution in [0.25, 0.3) is 11.6 Å². The number of carbonyl (C=O) groups excluding carboxylic acids is 1. The average molecular weight is 311 g/mol. The van der Waals surface area contributed by atoms with E-state index in [1.165, 1.54) is 12.5 Å². The van der Waals surface area contributed by atoms with Crippen LogP contribution in [0.4, 0.5) is 10.2 Å². The molecule has 1 fully saturated rings. The van der Waals surface area contributed by atoms with Crippen molar-refractivity contribution in [2.24, 2.45) is 0 Å². The predicted octanol–water partition coefficient (Wildman–Crippen LogP) is 1.92. The second kappa shape index (κ2) is 5.79. The zero-order valence-electron chi connectivity index (χ0n) is 10.9. The number of halogens is 2. The van der Waals surface area contributed by atoms with Crippen molar-refractivity contribution in [1.82, 2.24) is 15.3 Å². The number of oxazole rings is 1. The van der Waals surface area contributed by atoms with Gasteiger partial charge in [-0.15, -0.1) is 0 Å². The smallest absolute Gasteiger partial charge is 0.260 e. The maximum absolute atomic E-state index is 13.1. The fraction of sp³-hybridized carbons (Fsp3) is 0.308. The molecule has 8 heteroatoms. The van der Waals surface area contributed by atoms with Gasteiger partial charge in [0, 0.05) is 24.7 Å². The van der Waals surface area contributed by atoms with Crippen LogP contribution >= 0.6 is 11.8 Å². The summed E-state index contributed by atoms with van der Waals surface area (Å²) in [7, 11) is 0. The van der Waals surface area contributed by atoms with E-state index in [-0.39, 0.29) is 18.8 Å². The van der Waals surface area contributed by atoms with Crippen LogP contribution in [0.2, 0.25) is 0 Å². The highest BCUT2D eigenvalue weighted by Crippen LogP contribution is 2.22. The molecule has 2 aromatic heterocycles. The highest BCUT2D eigenvalue weighted by molar-refractivity contribution is 6.37. The molecular formula is C13H12ClFN4O2. The molecule has 0 saturated carbocycles. The molecule has 2 atom stereocenters. The number of hydrogen-bond donors (Lipinski definition) is 1. The zero-order chi connectivity index (χ0) is 14.8. The van der Waals surface area contributed by atoms with E-state index in [4.69, 9.17) is 16.2 Å². The Balaban J connectivity index is 1.80. The van der Waals surface area contributed by atoms with Gasteiger partial charge in [-0.25, -0.2) is 18.8 Å². The van der Waals surface area contributed by atoms with Crippen LogP contribution in [-0.4, -0.2) is 34.6 Å². The molecule has 110 valence electrons. The molecule has 0 aliphatic carbocycles. The normalized spacial score (nSPS) is 21.4. The van der Waals surface area contributed by atoms with Crippen molar-refractivity contribution < 1.29 is 13.6 Å². The van der Waals surface area contributed by atoms with Crippen molar-refractivity contribution in [3.8, 4) is 11.6 Å². The number of hydrogen-bond acceptors (Lipinski definition) is 5. The summed E-state index contributed by atoms with van der Waals surface area (Å²) in [6, 6.07) is 4.32. The number of anilines is 1. The molecule has 1 amide bonds. The van der Waals surface area contributed by atoms with Gasteiger partial charge in [0.2, 0.25) is 5.89 Å². The Kier molecular flexibility index (Phi) is 3.85. The molecule has 1 saturated heterocycles. The number of carbonyl (C=O) groups is 1.